The molecule has 1 aliphatic heterocycles. The average molecular weight is 312 g/mol. The van der Waals surface area contributed by atoms with Gasteiger partial charge in [-0.1, -0.05) is 6.92 Å². The van der Waals surface area contributed by atoms with E-state index in [1.807, 2.05) is 6.07 Å². The molecule has 1 aliphatic rings. The van der Waals surface area contributed by atoms with E-state index >= 15 is 0 Å². The Balaban J connectivity index is 1.95. The molecule has 1 saturated heterocycles. The molecule has 1 N–H and O–H groups in total. The standard InChI is InChI=1S/C14H22BrN3/c1-3-18-9-5-6-12(10-18)11(2)17-13-7-4-8-16-14(13)15/h4,7-8,11-12,17H,3,5-6,9-10H2,1-2H3. The van der Waals surface area contributed by atoms with Crippen molar-refractivity contribution in [2.45, 2.75) is 32.7 Å². The van der Waals surface area contributed by atoms with Crippen molar-refractivity contribution in [1.29, 1.82) is 0 Å². The van der Waals surface area contributed by atoms with Crippen LogP contribution >= 0.6 is 15.9 Å². The zero-order valence-corrected chi connectivity index (χ0v) is 12.8. The highest BCUT2D eigenvalue weighted by Gasteiger charge is 2.24. The van der Waals surface area contributed by atoms with Crippen molar-refractivity contribution in [2.75, 3.05) is 25.0 Å². The lowest BCUT2D eigenvalue weighted by molar-refractivity contribution is 0.172. The molecule has 0 aromatic carbocycles. The lowest BCUT2D eigenvalue weighted by Crippen LogP contribution is -2.41. The smallest absolute Gasteiger partial charge is 0.129 e. The van der Waals surface area contributed by atoms with Crippen LogP contribution in [0.3, 0.4) is 0 Å². The molecule has 0 spiro atoms. The molecular formula is C14H22BrN3. The van der Waals surface area contributed by atoms with Crippen LogP contribution in [0.1, 0.15) is 26.7 Å². The van der Waals surface area contributed by atoms with Crippen LogP contribution < -0.4 is 5.32 Å². The number of halogens is 1. The predicted molar refractivity (Wildman–Crippen MR) is 79.9 cm³/mol. The molecule has 0 bridgehead atoms. The number of rotatable bonds is 4. The minimum Gasteiger partial charge on any atom is -0.380 e. The van der Waals surface area contributed by atoms with E-state index in [0.29, 0.717) is 6.04 Å². The zero-order valence-electron chi connectivity index (χ0n) is 11.2. The molecule has 1 aromatic rings. The van der Waals surface area contributed by atoms with Crippen LogP contribution in [0.25, 0.3) is 0 Å². The van der Waals surface area contributed by atoms with E-state index < -0.39 is 0 Å². The lowest BCUT2D eigenvalue weighted by Gasteiger charge is -2.35. The second-order valence-electron chi connectivity index (χ2n) is 5.07. The van der Waals surface area contributed by atoms with Crippen LogP contribution in [0.2, 0.25) is 0 Å². The minimum absolute atomic E-state index is 0.486. The summed E-state index contributed by atoms with van der Waals surface area (Å²) < 4.78 is 0.903. The van der Waals surface area contributed by atoms with Crippen molar-refractivity contribution in [3.63, 3.8) is 0 Å². The van der Waals surface area contributed by atoms with Gasteiger partial charge < -0.3 is 10.2 Å². The molecule has 3 nitrogen and oxygen atoms in total. The fourth-order valence-corrected chi connectivity index (χ4v) is 3.01. The summed E-state index contributed by atoms with van der Waals surface area (Å²) >= 11 is 3.49. The van der Waals surface area contributed by atoms with Gasteiger partial charge in [-0.2, -0.15) is 0 Å². The molecule has 2 atom stereocenters. The zero-order chi connectivity index (χ0) is 13.0. The second kappa shape index (κ2) is 6.53. The van der Waals surface area contributed by atoms with Gasteiger partial charge in [-0.25, -0.2) is 4.98 Å². The van der Waals surface area contributed by atoms with Crippen molar-refractivity contribution < 1.29 is 0 Å². The summed E-state index contributed by atoms with van der Waals surface area (Å²) in [6, 6.07) is 4.53. The van der Waals surface area contributed by atoms with Gasteiger partial charge in [0, 0.05) is 18.8 Å². The molecule has 2 rings (SSSR count). The Morgan fingerprint density at radius 1 is 1.61 bits per heavy atom. The van der Waals surface area contributed by atoms with Gasteiger partial charge in [0.15, 0.2) is 0 Å². The van der Waals surface area contributed by atoms with E-state index in [1.165, 1.54) is 32.5 Å². The number of pyridine rings is 1. The molecule has 2 unspecified atom stereocenters. The van der Waals surface area contributed by atoms with E-state index in [9.17, 15) is 0 Å². The monoisotopic (exact) mass is 311 g/mol. The molecule has 0 radical (unpaired) electrons. The lowest BCUT2D eigenvalue weighted by atomic mass is 9.91. The summed E-state index contributed by atoms with van der Waals surface area (Å²) in [7, 11) is 0. The predicted octanol–water partition coefficient (Wildman–Crippen LogP) is 3.38. The van der Waals surface area contributed by atoms with Crippen molar-refractivity contribution in [1.82, 2.24) is 9.88 Å². The van der Waals surface area contributed by atoms with Crippen molar-refractivity contribution in [2.24, 2.45) is 5.92 Å². The number of anilines is 1. The Kier molecular flexibility index (Phi) is 5.01. The number of nitrogens with one attached hydrogen (secondary N) is 1. The second-order valence-corrected chi connectivity index (χ2v) is 5.82. The van der Waals surface area contributed by atoms with Crippen LogP contribution in [0.15, 0.2) is 22.9 Å². The first-order valence-corrected chi connectivity index (χ1v) is 7.59. The topological polar surface area (TPSA) is 28.2 Å². The summed E-state index contributed by atoms with van der Waals surface area (Å²) in [5, 5.41) is 3.59. The molecule has 100 valence electrons. The van der Waals surface area contributed by atoms with Gasteiger partial charge in [-0.15, -0.1) is 0 Å². The molecule has 0 saturated carbocycles. The number of nitrogens with zero attached hydrogens (tertiary/aromatic N) is 2. The van der Waals surface area contributed by atoms with Gasteiger partial charge in [0.05, 0.1) is 5.69 Å². The van der Waals surface area contributed by atoms with Crippen molar-refractivity contribution >= 4 is 21.6 Å². The van der Waals surface area contributed by atoms with Crippen LogP contribution in [-0.2, 0) is 0 Å². The number of likely N-dealkylation sites (tertiary alicyclic amines) is 1. The fourth-order valence-electron chi connectivity index (χ4n) is 2.64. The van der Waals surface area contributed by atoms with E-state index in [1.54, 1.807) is 6.20 Å². The average Bonchev–Trinajstić information content (AvgIpc) is 2.41. The summed E-state index contributed by atoms with van der Waals surface area (Å²) in [5.41, 5.74) is 1.10. The van der Waals surface area contributed by atoms with Crippen LogP contribution in [0, 0.1) is 5.92 Å². The first-order valence-electron chi connectivity index (χ1n) is 6.80. The third-order valence-electron chi connectivity index (χ3n) is 3.84. The highest BCUT2D eigenvalue weighted by molar-refractivity contribution is 9.10. The summed E-state index contributed by atoms with van der Waals surface area (Å²) in [4.78, 5) is 6.80. The van der Waals surface area contributed by atoms with Gasteiger partial charge in [-0.05, 0) is 66.8 Å². The fraction of sp³-hybridized carbons (Fsp3) is 0.643. The maximum absolute atomic E-state index is 4.25. The number of aromatic nitrogens is 1. The van der Waals surface area contributed by atoms with Crippen LogP contribution in [-0.4, -0.2) is 35.6 Å². The summed E-state index contributed by atoms with van der Waals surface area (Å²) in [5.74, 6) is 0.728. The Morgan fingerprint density at radius 2 is 2.44 bits per heavy atom. The van der Waals surface area contributed by atoms with Crippen molar-refractivity contribution in [3.05, 3.63) is 22.9 Å². The normalized spacial score (nSPS) is 22.7. The van der Waals surface area contributed by atoms with E-state index in [0.717, 1.165) is 16.2 Å². The van der Waals surface area contributed by atoms with E-state index in [-0.39, 0.29) is 0 Å². The number of hydrogen-bond acceptors (Lipinski definition) is 3. The molecular weight excluding hydrogens is 290 g/mol. The van der Waals surface area contributed by atoms with Gasteiger partial charge in [0.1, 0.15) is 4.60 Å². The Bertz CT molecular complexity index is 383. The Labute approximate surface area is 118 Å². The third-order valence-corrected chi connectivity index (χ3v) is 4.47. The highest BCUT2D eigenvalue weighted by Crippen LogP contribution is 2.25. The first-order chi connectivity index (χ1) is 8.70. The third kappa shape index (κ3) is 3.45. The van der Waals surface area contributed by atoms with Crippen LogP contribution in [0.4, 0.5) is 5.69 Å². The molecule has 0 amide bonds. The van der Waals surface area contributed by atoms with Gasteiger partial charge in [-0.3, -0.25) is 0 Å². The molecule has 18 heavy (non-hydrogen) atoms. The maximum Gasteiger partial charge on any atom is 0.129 e. The molecule has 0 aliphatic carbocycles. The maximum atomic E-state index is 4.25. The van der Waals surface area contributed by atoms with E-state index in [2.05, 4.69) is 51.0 Å². The summed E-state index contributed by atoms with van der Waals surface area (Å²) in [6.07, 6.45) is 4.45. The quantitative estimate of drug-likeness (QED) is 0.864. The molecule has 2 heterocycles. The van der Waals surface area contributed by atoms with Gasteiger partial charge in [0.25, 0.3) is 0 Å². The number of piperidine rings is 1. The SMILES string of the molecule is CCN1CCCC(C(C)Nc2cccnc2Br)C1. The molecule has 4 heteroatoms. The number of hydrogen-bond donors (Lipinski definition) is 1. The molecule has 1 aromatic heterocycles. The van der Waals surface area contributed by atoms with Crippen LogP contribution in [0.5, 0.6) is 0 Å². The Hall–Kier alpha value is -0.610. The van der Waals surface area contributed by atoms with E-state index in [4.69, 9.17) is 0 Å². The highest BCUT2D eigenvalue weighted by atomic mass is 79.9. The first kappa shape index (κ1) is 13.8. The summed E-state index contributed by atoms with van der Waals surface area (Å²) in [6.45, 7) is 8.17. The van der Waals surface area contributed by atoms with Gasteiger partial charge >= 0.3 is 0 Å². The Morgan fingerprint density at radius 3 is 3.17 bits per heavy atom. The van der Waals surface area contributed by atoms with Crippen molar-refractivity contribution in [3.8, 4) is 0 Å². The minimum atomic E-state index is 0.486. The molecule has 1 fully saturated rings. The largest absolute Gasteiger partial charge is 0.380 e. The van der Waals surface area contributed by atoms with Gasteiger partial charge in [0.2, 0.25) is 0 Å².